The lowest BCUT2D eigenvalue weighted by molar-refractivity contribution is -0.134. The third kappa shape index (κ3) is 15.9. The van der Waals surface area contributed by atoms with Gasteiger partial charge in [0.15, 0.2) is 0 Å². The zero-order valence-corrected chi connectivity index (χ0v) is 31.3. The summed E-state index contributed by atoms with van der Waals surface area (Å²) < 4.78 is 12.8. The van der Waals surface area contributed by atoms with Crippen LogP contribution in [-0.2, 0) is 11.2 Å². The van der Waals surface area contributed by atoms with Crippen molar-refractivity contribution < 1.29 is 14.3 Å². The van der Waals surface area contributed by atoms with Gasteiger partial charge in [0.1, 0.15) is 17.1 Å². The maximum absolute atomic E-state index is 12.8. The minimum Gasteiger partial charge on any atom is -0.487 e. The molecule has 0 spiro atoms. The third-order valence-electron chi connectivity index (χ3n) is 10.6. The van der Waals surface area contributed by atoms with Crippen LogP contribution in [0.4, 0.5) is 0 Å². The topological polar surface area (TPSA) is 35.5 Å². The normalized spacial score (nSPS) is 15.8. The highest BCUT2D eigenvalue weighted by Gasteiger charge is 2.34. The van der Waals surface area contributed by atoms with Crippen molar-refractivity contribution in [3.8, 4) is 11.5 Å². The van der Waals surface area contributed by atoms with Crippen molar-refractivity contribution in [2.75, 3.05) is 0 Å². The van der Waals surface area contributed by atoms with Crippen LogP contribution < -0.4 is 9.47 Å². The van der Waals surface area contributed by atoms with E-state index in [1.165, 1.54) is 140 Å². The predicted molar refractivity (Wildman–Crippen MR) is 200 cm³/mol. The standard InChI is InChI=1S/C43H74O3/c1-7-9-11-13-15-17-19-20-21-23-25-27-29-31-34-43(6)35-33-39-38(5)41(36(3)37(4)42(39)46-43)45-40(44)32-30-28-26-24-22-18-16-14-12-10-8-2/h8H,2,7,9-35H2,1,3-6H3/t43-/m0/s1. The summed E-state index contributed by atoms with van der Waals surface area (Å²) >= 11 is 0. The molecule has 0 N–H and O–H groups in total. The number of fused-ring (bicyclic) bond motifs is 1. The van der Waals surface area contributed by atoms with Crippen LogP contribution in [0, 0.1) is 20.8 Å². The second-order valence-corrected chi connectivity index (χ2v) is 14.9. The molecule has 1 aliphatic heterocycles. The molecule has 46 heavy (non-hydrogen) atoms. The van der Waals surface area contributed by atoms with E-state index >= 15 is 0 Å². The van der Waals surface area contributed by atoms with E-state index in [0.717, 1.165) is 66.7 Å². The molecule has 0 amide bonds. The molecule has 0 unspecified atom stereocenters. The van der Waals surface area contributed by atoms with Crippen LogP contribution in [0.2, 0.25) is 0 Å². The van der Waals surface area contributed by atoms with Gasteiger partial charge in [0.25, 0.3) is 0 Å². The first-order valence-electron chi connectivity index (χ1n) is 20.0. The quantitative estimate of drug-likeness (QED) is 0.0396. The van der Waals surface area contributed by atoms with Gasteiger partial charge < -0.3 is 9.47 Å². The first-order chi connectivity index (χ1) is 22.3. The summed E-state index contributed by atoms with van der Waals surface area (Å²) in [6.45, 7) is 14.7. The summed E-state index contributed by atoms with van der Waals surface area (Å²) in [6, 6.07) is 0. The van der Waals surface area contributed by atoms with E-state index in [4.69, 9.17) is 9.47 Å². The summed E-state index contributed by atoms with van der Waals surface area (Å²) in [5, 5.41) is 0. The third-order valence-corrected chi connectivity index (χ3v) is 10.6. The summed E-state index contributed by atoms with van der Waals surface area (Å²) in [5.74, 6) is 1.73. The molecule has 1 atom stereocenters. The van der Waals surface area contributed by atoms with Crippen molar-refractivity contribution in [2.24, 2.45) is 0 Å². The lowest BCUT2D eigenvalue weighted by Crippen LogP contribution is -2.37. The van der Waals surface area contributed by atoms with Gasteiger partial charge in [-0.1, -0.05) is 141 Å². The van der Waals surface area contributed by atoms with E-state index in [9.17, 15) is 4.79 Å². The Kier molecular flexibility index (Phi) is 21.4. The maximum Gasteiger partial charge on any atom is 0.311 e. The van der Waals surface area contributed by atoms with Gasteiger partial charge in [-0.25, -0.2) is 0 Å². The number of hydrogen-bond acceptors (Lipinski definition) is 3. The van der Waals surface area contributed by atoms with Gasteiger partial charge in [-0.15, -0.1) is 6.58 Å². The Morgan fingerprint density at radius 1 is 0.696 bits per heavy atom. The van der Waals surface area contributed by atoms with Crippen LogP contribution in [0.1, 0.15) is 209 Å². The minimum atomic E-state index is -0.0997. The highest BCUT2D eigenvalue weighted by molar-refractivity contribution is 5.74. The molecule has 0 aliphatic carbocycles. The molecule has 0 radical (unpaired) electrons. The van der Waals surface area contributed by atoms with Crippen LogP contribution >= 0.6 is 0 Å². The summed E-state index contributed by atoms with van der Waals surface area (Å²) in [4.78, 5) is 12.8. The van der Waals surface area contributed by atoms with Crippen LogP contribution in [0.25, 0.3) is 0 Å². The molecule has 3 heteroatoms. The molecule has 264 valence electrons. The smallest absolute Gasteiger partial charge is 0.311 e. The van der Waals surface area contributed by atoms with E-state index in [0.29, 0.717) is 6.42 Å². The predicted octanol–water partition coefficient (Wildman–Crippen LogP) is 13.9. The van der Waals surface area contributed by atoms with Gasteiger partial charge in [-0.2, -0.15) is 0 Å². The van der Waals surface area contributed by atoms with Gasteiger partial charge >= 0.3 is 5.97 Å². The van der Waals surface area contributed by atoms with E-state index in [1.807, 2.05) is 6.08 Å². The molecule has 2 rings (SSSR count). The van der Waals surface area contributed by atoms with E-state index in [-0.39, 0.29) is 11.6 Å². The molecular weight excluding hydrogens is 564 g/mol. The first kappa shape index (κ1) is 40.4. The second kappa shape index (κ2) is 24.4. The largest absolute Gasteiger partial charge is 0.487 e. The molecule has 0 aromatic heterocycles. The molecule has 1 aliphatic rings. The maximum atomic E-state index is 12.8. The molecule has 1 heterocycles. The minimum absolute atomic E-state index is 0.0906. The van der Waals surface area contributed by atoms with Crippen molar-refractivity contribution in [1.29, 1.82) is 0 Å². The molecule has 0 saturated carbocycles. The second-order valence-electron chi connectivity index (χ2n) is 14.9. The van der Waals surface area contributed by atoms with Gasteiger partial charge in [0, 0.05) is 12.0 Å². The zero-order chi connectivity index (χ0) is 33.5. The van der Waals surface area contributed by atoms with Gasteiger partial charge in [-0.05, 0) is 89.3 Å². The number of ether oxygens (including phenoxy) is 2. The number of hydrogen-bond donors (Lipinski definition) is 0. The number of carbonyl (C=O) groups is 1. The van der Waals surface area contributed by atoms with Crippen LogP contribution in [0.15, 0.2) is 12.7 Å². The number of rotatable bonds is 28. The number of esters is 1. The van der Waals surface area contributed by atoms with Crippen LogP contribution in [0.3, 0.4) is 0 Å². The molecule has 1 aromatic carbocycles. The van der Waals surface area contributed by atoms with Crippen molar-refractivity contribution >= 4 is 5.97 Å². The first-order valence-corrected chi connectivity index (χ1v) is 20.0. The Bertz CT molecular complexity index is 979. The number of benzene rings is 1. The number of carbonyl (C=O) groups excluding carboxylic acids is 1. The Hall–Kier alpha value is -1.77. The van der Waals surface area contributed by atoms with E-state index in [1.54, 1.807) is 0 Å². The Morgan fingerprint density at radius 3 is 1.70 bits per heavy atom. The Balaban J connectivity index is 1.65. The molecule has 3 nitrogen and oxygen atoms in total. The SMILES string of the molecule is C=CCCCCCCCCCCCC(=O)Oc1c(C)c(C)c2c(c1C)CC[C@](C)(CCCCCCCCCCCCCCCC)O2. The van der Waals surface area contributed by atoms with Gasteiger partial charge in [-0.3, -0.25) is 4.79 Å². The lowest BCUT2D eigenvalue weighted by atomic mass is 9.84. The van der Waals surface area contributed by atoms with Crippen LogP contribution in [0.5, 0.6) is 11.5 Å². The fourth-order valence-corrected chi connectivity index (χ4v) is 7.26. The highest BCUT2D eigenvalue weighted by Crippen LogP contribution is 2.45. The lowest BCUT2D eigenvalue weighted by Gasteiger charge is -2.38. The van der Waals surface area contributed by atoms with Crippen molar-refractivity contribution in [1.82, 2.24) is 0 Å². The Labute approximate surface area is 286 Å². The Morgan fingerprint density at radius 2 is 1.17 bits per heavy atom. The van der Waals surface area contributed by atoms with Gasteiger partial charge in [0.2, 0.25) is 0 Å². The number of allylic oxidation sites excluding steroid dienone is 1. The monoisotopic (exact) mass is 639 g/mol. The van der Waals surface area contributed by atoms with Crippen LogP contribution in [-0.4, -0.2) is 11.6 Å². The van der Waals surface area contributed by atoms with Crippen molar-refractivity contribution in [2.45, 2.75) is 220 Å². The number of unbranched alkanes of at least 4 members (excludes halogenated alkanes) is 22. The molecule has 0 bridgehead atoms. The van der Waals surface area contributed by atoms with Crippen molar-refractivity contribution in [3.63, 3.8) is 0 Å². The van der Waals surface area contributed by atoms with E-state index < -0.39 is 0 Å². The molecule has 0 saturated heterocycles. The summed E-state index contributed by atoms with van der Waals surface area (Å²) in [5.41, 5.74) is 4.43. The summed E-state index contributed by atoms with van der Waals surface area (Å²) in [6.07, 6.45) is 37.4. The molecular formula is C43H74O3. The fourth-order valence-electron chi connectivity index (χ4n) is 7.26. The summed E-state index contributed by atoms with van der Waals surface area (Å²) in [7, 11) is 0. The van der Waals surface area contributed by atoms with Gasteiger partial charge in [0.05, 0.1) is 0 Å². The van der Waals surface area contributed by atoms with Crippen molar-refractivity contribution in [3.05, 3.63) is 34.9 Å². The average Bonchev–Trinajstić information content (AvgIpc) is 3.04. The van der Waals surface area contributed by atoms with E-state index in [2.05, 4.69) is 41.2 Å². The molecule has 1 aromatic rings. The fraction of sp³-hybridized carbons (Fsp3) is 0.791. The zero-order valence-electron chi connectivity index (χ0n) is 31.3. The average molecular weight is 639 g/mol. The molecule has 0 fully saturated rings. The highest BCUT2D eigenvalue weighted by atomic mass is 16.5.